The molecule has 3 aromatic carbocycles. The Balaban J connectivity index is 1.59. The minimum absolute atomic E-state index is 0.0961. The second kappa shape index (κ2) is 12.0. The van der Waals surface area contributed by atoms with Gasteiger partial charge >= 0.3 is 18.1 Å². The number of aliphatic carboxylic acids is 1. The van der Waals surface area contributed by atoms with E-state index in [0.29, 0.717) is 28.3 Å². The first-order chi connectivity index (χ1) is 17.5. The predicted octanol–water partition coefficient (Wildman–Crippen LogP) is 5.50. The Morgan fingerprint density at radius 3 is 2.05 bits per heavy atom. The first kappa shape index (κ1) is 27.1. The van der Waals surface area contributed by atoms with Crippen molar-refractivity contribution in [2.75, 3.05) is 18.1 Å². The Bertz CT molecular complexity index is 1250. The van der Waals surface area contributed by atoms with E-state index in [-0.39, 0.29) is 36.3 Å². The molecule has 5 N–H and O–H groups in total. The highest BCUT2D eigenvalue weighted by Crippen LogP contribution is 2.23. The van der Waals surface area contributed by atoms with Gasteiger partial charge in [-0.3, -0.25) is 0 Å². The van der Waals surface area contributed by atoms with Crippen LogP contribution in [0.5, 0.6) is 11.5 Å². The molecule has 37 heavy (non-hydrogen) atoms. The molecular formula is C27H25F3N2O5. The van der Waals surface area contributed by atoms with Gasteiger partial charge in [0.25, 0.3) is 0 Å². The summed E-state index contributed by atoms with van der Waals surface area (Å²) in [6.07, 6.45) is -3.71. The Hall–Kier alpha value is -4.47. The molecule has 0 unspecified atom stereocenters. The molecule has 0 fully saturated rings. The fraction of sp³-hybridized carbons (Fsp3) is 0.185. The minimum atomic E-state index is -4.23. The molecule has 0 amide bonds. The molecule has 194 valence electrons. The van der Waals surface area contributed by atoms with Gasteiger partial charge < -0.3 is 26.0 Å². The van der Waals surface area contributed by atoms with Gasteiger partial charge in [0, 0.05) is 29.8 Å². The van der Waals surface area contributed by atoms with Crippen molar-refractivity contribution in [2.24, 2.45) is 0 Å². The molecule has 0 bridgehead atoms. The summed E-state index contributed by atoms with van der Waals surface area (Å²) in [6, 6.07) is 17.0. The maximum atomic E-state index is 12.4. The lowest BCUT2D eigenvalue weighted by atomic mass is 10.0. The molecule has 3 rings (SSSR count). The van der Waals surface area contributed by atoms with Crippen LogP contribution in [0.2, 0.25) is 0 Å². The topological polar surface area (TPSA) is 125 Å². The van der Waals surface area contributed by atoms with Gasteiger partial charge in [-0.05, 0) is 78.2 Å². The summed E-state index contributed by atoms with van der Waals surface area (Å²) in [7, 11) is 0. The van der Waals surface area contributed by atoms with Crippen molar-refractivity contribution in [3.8, 4) is 11.5 Å². The van der Waals surface area contributed by atoms with Crippen LogP contribution in [0.15, 0.2) is 72.3 Å². The fourth-order valence-corrected chi connectivity index (χ4v) is 3.41. The molecule has 0 aromatic heterocycles. The first-order valence-electron chi connectivity index (χ1n) is 11.2. The van der Waals surface area contributed by atoms with Gasteiger partial charge in [-0.15, -0.1) is 0 Å². The van der Waals surface area contributed by atoms with E-state index in [0.717, 1.165) is 0 Å². The molecule has 0 saturated carbocycles. The number of carbonyl (C=O) groups excluding carboxylic acids is 1. The zero-order valence-electron chi connectivity index (χ0n) is 19.6. The van der Waals surface area contributed by atoms with Crippen molar-refractivity contribution in [3.63, 3.8) is 0 Å². The van der Waals surface area contributed by atoms with E-state index in [1.165, 1.54) is 42.5 Å². The third kappa shape index (κ3) is 8.92. The Labute approximate surface area is 211 Å². The molecule has 7 nitrogen and oxygen atoms in total. The summed E-state index contributed by atoms with van der Waals surface area (Å²) in [4.78, 5) is 24.1. The highest BCUT2D eigenvalue weighted by Gasteiger charge is 2.26. The van der Waals surface area contributed by atoms with Crippen LogP contribution in [0, 0.1) is 0 Å². The Kier molecular flexibility index (Phi) is 8.78. The van der Waals surface area contributed by atoms with Gasteiger partial charge in [0.2, 0.25) is 0 Å². The lowest BCUT2D eigenvalue weighted by molar-refractivity contribution is -0.136. The van der Waals surface area contributed by atoms with Crippen LogP contribution < -0.4 is 20.9 Å². The minimum Gasteiger partial charge on any atom is -0.494 e. The number of esters is 1. The van der Waals surface area contributed by atoms with Crippen LogP contribution in [0.3, 0.4) is 0 Å². The number of alkyl halides is 3. The van der Waals surface area contributed by atoms with Crippen LogP contribution in [0.25, 0.3) is 6.08 Å². The lowest BCUT2D eigenvalue weighted by Gasteiger charge is -2.09. The van der Waals surface area contributed by atoms with Crippen molar-refractivity contribution in [2.45, 2.75) is 25.4 Å². The first-order valence-corrected chi connectivity index (χ1v) is 11.2. The number of carbonyl (C=O) groups is 2. The molecule has 0 aliphatic heterocycles. The van der Waals surface area contributed by atoms with Crippen molar-refractivity contribution in [3.05, 3.63) is 89.0 Å². The van der Waals surface area contributed by atoms with Crippen LogP contribution in [0.1, 0.15) is 34.3 Å². The quantitative estimate of drug-likeness (QED) is 0.107. The summed E-state index contributed by atoms with van der Waals surface area (Å²) in [6.45, 7) is -0.0961. The zero-order valence-corrected chi connectivity index (χ0v) is 19.6. The summed E-state index contributed by atoms with van der Waals surface area (Å²) in [5.74, 6) is -1.15. The smallest absolute Gasteiger partial charge is 0.389 e. The number of carboxylic acids is 1. The molecule has 0 atom stereocenters. The third-order valence-corrected chi connectivity index (χ3v) is 5.10. The zero-order chi connectivity index (χ0) is 27.0. The fourth-order valence-electron chi connectivity index (χ4n) is 3.41. The number of nitrogens with two attached hydrogens (primary N) is 2. The summed E-state index contributed by atoms with van der Waals surface area (Å²) < 4.78 is 47.1. The number of anilines is 2. The largest absolute Gasteiger partial charge is 0.494 e. The number of halogens is 3. The SMILES string of the molecule is Nc1cc(N)cc(CC(=Cc2ccc(OC(=O)c3ccc(OCCCC(F)(F)F)cc3)cc2)C(=O)O)c1. The molecule has 0 spiro atoms. The van der Waals surface area contributed by atoms with Crippen molar-refractivity contribution in [1.29, 1.82) is 0 Å². The molecule has 0 aliphatic carbocycles. The monoisotopic (exact) mass is 514 g/mol. The Morgan fingerprint density at radius 2 is 1.49 bits per heavy atom. The van der Waals surface area contributed by atoms with Gasteiger partial charge in [-0.1, -0.05) is 12.1 Å². The number of benzene rings is 3. The van der Waals surface area contributed by atoms with Gasteiger partial charge in [0.05, 0.1) is 12.2 Å². The number of carboxylic acid groups (broad SMARTS) is 1. The number of ether oxygens (including phenoxy) is 2. The second-order valence-electron chi connectivity index (χ2n) is 8.21. The van der Waals surface area contributed by atoms with Crippen molar-refractivity contribution >= 4 is 29.4 Å². The maximum absolute atomic E-state index is 12.4. The Morgan fingerprint density at radius 1 is 0.892 bits per heavy atom. The van der Waals surface area contributed by atoms with E-state index in [2.05, 4.69) is 0 Å². The second-order valence-corrected chi connectivity index (χ2v) is 8.21. The van der Waals surface area contributed by atoms with E-state index in [1.54, 1.807) is 30.3 Å². The summed E-state index contributed by atoms with van der Waals surface area (Å²) in [5.41, 5.74) is 14.0. The highest BCUT2D eigenvalue weighted by atomic mass is 19.4. The van der Waals surface area contributed by atoms with Gasteiger partial charge in [0.1, 0.15) is 11.5 Å². The molecule has 3 aromatic rings. The van der Waals surface area contributed by atoms with E-state index >= 15 is 0 Å². The van der Waals surface area contributed by atoms with Crippen LogP contribution in [-0.2, 0) is 11.2 Å². The standard InChI is InChI=1S/C27H25F3N2O5/c28-27(29,30)10-1-11-36-23-8-4-19(5-9-23)26(35)37-24-6-2-17(3-7-24)12-20(25(33)34)13-18-14-21(31)16-22(32)15-18/h2-9,12,14-16H,1,10-11,13,31-32H2,(H,33,34). The molecule has 10 heteroatoms. The number of hydrogen-bond donors (Lipinski definition) is 3. The third-order valence-electron chi connectivity index (χ3n) is 5.10. The number of rotatable bonds is 10. The average Bonchev–Trinajstić information content (AvgIpc) is 2.81. The van der Waals surface area contributed by atoms with Crippen molar-refractivity contribution in [1.82, 2.24) is 0 Å². The van der Waals surface area contributed by atoms with Crippen LogP contribution in [0.4, 0.5) is 24.5 Å². The molecular weight excluding hydrogens is 489 g/mol. The molecule has 0 radical (unpaired) electrons. The van der Waals surface area contributed by atoms with Gasteiger partial charge in [-0.2, -0.15) is 13.2 Å². The summed E-state index contributed by atoms with van der Waals surface area (Å²) in [5, 5.41) is 9.59. The number of hydrogen-bond acceptors (Lipinski definition) is 6. The van der Waals surface area contributed by atoms with E-state index in [9.17, 15) is 27.9 Å². The molecule has 0 saturated heterocycles. The molecule has 0 heterocycles. The maximum Gasteiger partial charge on any atom is 0.389 e. The van der Waals surface area contributed by atoms with E-state index in [4.69, 9.17) is 20.9 Å². The van der Waals surface area contributed by atoms with Crippen molar-refractivity contribution < 1.29 is 37.3 Å². The predicted molar refractivity (Wildman–Crippen MR) is 133 cm³/mol. The van der Waals surface area contributed by atoms with Gasteiger partial charge in [-0.25, -0.2) is 9.59 Å². The van der Waals surface area contributed by atoms with Crippen LogP contribution >= 0.6 is 0 Å². The normalized spacial score (nSPS) is 11.7. The molecule has 0 aliphatic rings. The summed E-state index contributed by atoms with van der Waals surface area (Å²) >= 11 is 0. The lowest BCUT2D eigenvalue weighted by Crippen LogP contribution is -2.10. The highest BCUT2D eigenvalue weighted by molar-refractivity contribution is 5.93. The van der Waals surface area contributed by atoms with Crippen LogP contribution in [-0.4, -0.2) is 29.8 Å². The average molecular weight is 515 g/mol. The van der Waals surface area contributed by atoms with Gasteiger partial charge in [0.15, 0.2) is 0 Å². The van der Waals surface area contributed by atoms with E-state index < -0.39 is 24.5 Å². The number of nitrogen functional groups attached to an aromatic ring is 2. The van der Waals surface area contributed by atoms with E-state index in [1.807, 2.05) is 0 Å².